The molecule has 2 rings (SSSR count). The lowest BCUT2D eigenvalue weighted by Gasteiger charge is -2.28. The Morgan fingerprint density at radius 1 is 1.11 bits per heavy atom. The van der Waals surface area contributed by atoms with Crippen LogP contribution in [0.15, 0.2) is 12.1 Å². The predicted molar refractivity (Wildman–Crippen MR) is 78.4 cm³/mol. The Kier molecular flexibility index (Phi) is 4.77. The Morgan fingerprint density at radius 3 is 2.32 bits per heavy atom. The van der Waals surface area contributed by atoms with Crippen LogP contribution in [0.2, 0.25) is 5.02 Å². The number of ether oxygens (including phenoxy) is 2. The van der Waals surface area contributed by atoms with Gasteiger partial charge in [-0.1, -0.05) is 11.6 Å². The van der Waals surface area contributed by atoms with Crippen LogP contribution in [-0.4, -0.2) is 26.3 Å². The lowest BCUT2D eigenvalue weighted by molar-refractivity contribution is 0.391. The molecule has 106 valence electrons. The summed E-state index contributed by atoms with van der Waals surface area (Å²) in [4.78, 5) is 0. The first-order valence-corrected chi connectivity index (χ1v) is 6.95. The number of nitrogens with two attached hydrogens (primary N) is 1. The average Bonchev–Trinajstić information content (AvgIpc) is 2.42. The van der Waals surface area contributed by atoms with Gasteiger partial charge in [-0.2, -0.15) is 0 Å². The van der Waals surface area contributed by atoms with Crippen LogP contribution in [0, 0.1) is 0 Å². The number of hydrogen-bond acceptors (Lipinski definition) is 4. The number of nitrogens with one attached hydrogen (secondary N) is 1. The summed E-state index contributed by atoms with van der Waals surface area (Å²) in [6.45, 7) is 0. The van der Waals surface area contributed by atoms with Crippen LogP contribution in [-0.2, 0) is 0 Å². The van der Waals surface area contributed by atoms with Gasteiger partial charge in [0.25, 0.3) is 0 Å². The number of methoxy groups -OCH3 is 2. The van der Waals surface area contributed by atoms with Crippen LogP contribution >= 0.6 is 11.6 Å². The van der Waals surface area contributed by atoms with Crippen molar-refractivity contribution in [1.82, 2.24) is 0 Å². The SMILES string of the molecule is COc1cc(OC)c(NC2CCC(N)CC2)cc1Cl. The van der Waals surface area contributed by atoms with Crippen molar-refractivity contribution in [3.8, 4) is 11.5 Å². The van der Waals surface area contributed by atoms with E-state index in [9.17, 15) is 0 Å². The maximum atomic E-state index is 6.16. The minimum absolute atomic E-state index is 0.347. The molecule has 0 saturated heterocycles. The Balaban J connectivity index is 2.13. The lowest BCUT2D eigenvalue weighted by atomic mass is 9.91. The molecule has 3 N–H and O–H groups in total. The molecule has 19 heavy (non-hydrogen) atoms. The standard InChI is InChI=1S/C14H21ClN2O2/c1-18-13-8-14(19-2)12(7-11(13)15)17-10-5-3-9(16)4-6-10/h7-10,17H,3-6,16H2,1-2H3. The van der Waals surface area contributed by atoms with E-state index in [1.165, 1.54) is 0 Å². The molecule has 1 aromatic rings. The topological polar surface area (TPSA) is 56.5 Å². The van der Waals surface area contributed by atoms with Gasteiger partial charge in [-0.3, -0.25) is 0 Å². The molecule has 0 atom stereocenters. The first-order valence-electron chi connectivity index (χ1n) is 6.57. The molecular formula is C14H21ClN2O2. The summed E-state index contributed by atoms with van der Waals surface area (Å²) in [5, 5.41) is 4.07. The zero-order chi connectivity index (χ0) is 13.8. The van der Waals surface area contributed by atoms with Gasteiger partial charge >= 0.3 is 0 Å². The van der Waals surface area contributed by atoms with Crippen molar-refractivity contribution in [3.05, 3.63) is 17.2 Å². The summed E-state index contributed by atoms with van der Waals surface area (Å²) < 4.78 is 10.6. The summed E-state index contributed by atoms with van der Waals surface area (Å²) in [6, 6.07) is 4.44. The first-order chi connectivity index (χ1) is 9.13. The largest absolute Gasteiger partial charge is 0.495 e. The number of anilines is 1. The summed E-state index contributed by atoms with van der Waals surface area (Å²) in [5.41, 5.74) is 6.83. The number of halogens is 1. The van der Waals surface area contributed by atoms with Crippen LogP contribution in [0.25, 0.3) is 0 Å². The summed E-state index contributed by atoms with van der Waals surface area (Å²) in [7, 11) is 3.24. The molecule has 0 aromatic heterocycles. The molecule has 0 bridgehead atoms. The fourth-order valence-corrected chi connectivity index (χ4v) is 2.70. The van der Waals surface area contributed by atoms with E-state index in [-0.39, 0.29) is 0 Å². The van der Waals surface area contributed by atoms with E-state index in [1.54, 1.807) is 20.3 Å². The molecule has 4 nitrogen and oxygen atoms in total. The highest BCUT2D eigenvalue weighted by Gasteiger charge is 2.20. The quantitative estimate of drug-likeness (QED) is 0.892. The molecule has 0 unspecified atom stereocenters. The zero-order valence-corrected chi connectivity index (χ0v) is 12.2. The van der Waals surface area contributed by atoms with Gasteiger partial charge in [0.15, 0.2) is 0 Å². The minimum Gasteiger partial charge on any atom is -0.495 e. The molecule has 0 amide bonds. The van der Waals surface area contributed by atoms with Crippen molar-refractivity contribution >= 4 is 17.3 Å². The van der Waals surface area contributed by atoms with Crippen LogP contribution in [0.1, 0.15) is 25.7 Å². The second-order valence-corrected chi connectivity index (χ2v) is 5.35. The third-order valence-electron chi connectivity index (χ3n) is 3.61. The van der Waals surface area contributed by atoms with Crippen molar-refractivity contribution in [1.29, 1.82) is 0 Å². The molecule has 5 heteroatoms. The smallest absolute Gasteiger partial charge is 0.145 e. The van der Waals surface area contributed by atoms with E-state index < -0.39 is 0 Å². The molecule has 1 saturated carbocycles. The van der Waals surface area contributed by atoms with Crippen molar-refractivity contribution < 1.29 is 9.47 Å². The fourth-order valence-electron chi connectivity index (χ4n) is 2.46. The second-order valence-electron chi connectivity index (χ2n) is 4.94. The molecular weight excluding hydrogens is 264 g/mol. The van der Waals surface area contributed by atoms with Crippen molar-refractivity contribution in [2.75, 3.05) is 19.5 Å². The van der Waals surface area contributed by atoms with E-state index in [0.717, 1.165) is 37.1 Å². The molecule has 0 radical (unpaired) electrons. The average molecular weight is 285 g/mol. The number of hydrogen-bond donors (Lipinski definition) is 2. The number of benzene rings is 1. The maximum Gasteiger partial charge on any atom is 0.145 e. The molecule has 1 aromatic carbocycles. The van der Waals surface area contributed by atoms with E-state index in [4.69, 9.17) is 26.8 Å². The molecule has 0 aliphatic heterocycles. The van der Waals surface area contributed by atoms with Crippen LogP contribution in [0.5, 0.6) is 11.5 Å². The molecule has 1 aliphatic carbocycles. The number of rotatable bonds is 4. The van der Waals surface area contributed by atoms with Gasteiger partial charge in [-0.05, 0) is 31.7 Å². The summed E-state index contributed by atoms with van der Waals surface area (Å²) >= 11 is 6.16. The van der Waals surface area contributed by atoms with Crippen LogP contribution in [0.3, 0.4) is 0 Å². The van der Waals surface area contributed by atoms with Crippen LogP contribution < -0.4 is 20.5 Å². The third-order valence-corrected chi connectivity index (χ3v) is 3.90. The van der Waals surface area contributed by atoms with Crippen molar-refractivity contribution in [2.45, 2.75) is 37.8 Å². The van der Waals surface area contributed by atoms with Gasteiger partial charge in [-0.15, -0.1) is 0 Å². The van der Waals surface area contributed by atoms with E-state index in [2.05, 4.69) is 5.32 Å². The zero-order valence-electron chi connectivity index (χ0n) is 11.4. The summed E-state index contributed by atoms with van der Waals surface area (Å²) in [6.07, 6.45) is 4.27. The van der Waals surface area contributed by atoms with Crippen molar-refractivity contribution in [2.24, 2.45) is 5.73 Å². The normalized spacial score (nSPS) is 22.9. The van der Waals surface area contributed by atoms with E-state index >= 15 is 0 Å². The highest BCUT2D eigenvalue weighted by Crippen LogP contribution is 2.37. The Bertz CT molecular complexity index is 432. The van der Waals surface area contributed by atoms with Gasteiger partial charge in [0.2, 0.25) is 0 Å². The summed E-state index contributed by atoms with van der Waals surface area (Å²) in [5.74, 6) is 1.37. The Labute approximate surface area is 119 Å². The van der Waals surface area contributed by atoms with Gasteiger partial charge in [0.1, 0.15) is 11.5 Å². The Morgan fingerprint density at radius 2 is 1.74 bits per heavy atom. The minimum atomic E-state index is 0.347. The van der Waals surface area contributed by atoms with Crippen molar-refractivity contribution in [3.63, 3.8) is 0 Å². The predicted octanol–water partition coefficient (Wildman–Crippen LogP) is 3.04. The second kappa shape index (κ2) is 6.35. The van der Waals surface area contributed by atoms with E-state index in [0.29, 0.717) is 22.9 Å². The highest BCUT2D eigenvalue weighted by molar-refractivity contribution is 6.32. The van der Waals surface area contributed by atoms with Gasteiger partial charge in [-0.25, -0.2) is 0 Å². The molecule has 0 spiro atoms. The van der Waals surface area contributed by atoms with E-state index in [1.807, 2.05) is 6.07 Å². The lowest BCUT2D eigenvalue weighted by Crippen LogP contribution is -2.32. The molecule has 1 aliphatic rings. The third kappa shape index (κ3) is 3.45. The maximum absolute atomic E-state index is 6.16. The van der Waals surface area contributed by atoms with Gasteiger partial charge in [0.05, 0.1) is 24.9 Å². The molecule has 0 heterocycles. The molecule has 1 fully saturated rings. The fraction of sp³-hybridized carbons (Fsp3) is 0.571. The van der Waals surface area contributed by atoms with Gasteiger partial charge < -0.3 is 20.5 Å². The van der Waals surface area contributed by atoms with Crippen LogP contribution in [0.4, 0.5) is 5.69 Å². The van der Waals surface area contributed by atoms with Gasteiger partial charge in [0, 0.05) is 18.2 Å². The monoisotopic (exact) mass is 284 g/mol. The Hall–Kier alpha value is -1.13. The highest BCUT2D eigenvalue weighted by atomic mass is 35.5. The first kappa shape index (κ1) is 14.3.